The van der Waals surface area contributed by atoms with Crippen LogP contribution in [0.1, 0.15) is 44.3 Å². The lowest BCUT2D eigenvalue weighted by molar-refractivity contribution is 0.510. The Morgan fingerprint density at radius 2 is 1.91 bits per heavy atom. The summed E-state index contributed by atoms with van der Waals surface area (Å²) in [5.74, 6) is -0.831. The third-order valence-corrected chi connectivity index (χ3v) is 4.17. The molecule has 0 bridgehead atoms. The number of nitrogens with zero attached hydrogens (tertiary/aromatic N) is 4. The van der Waals surface area contributed by atoms with Crippen LogP contribution in [0.2, 0.25) is 0 Å². The van der Waals surface area contributed by atoms with Crippen molar-refractivity contribution in [2.45, 2.75) is 38.6 Å². The molecule has 1 aliphatic carbocycles. The topological polar surface area (TPSA) is 43.6 Å². The lowest BCUT2D eigenvalue weighted by Gasteiger charge is -2.12. The van der Waals surface area contributed by atoms with Crippen LogP contribution in [0.4, 0.5) is 8.78 Å². The molecule has 0 saturated heterocycles. The second-order valence-electron chi connectivity index (χ2n) is 6.27. The van der Waals surface area contributed by atoms with Gasteiger partial charge in [-0.25, -0.2) is 23.7 Å². The molecule has 3 aromatic rings. The molecule has 0 atom stereocenters. The van der Waals surface area contributed by atoms with Crippen molar-refractivity contribution in [1.82, 2.24) is 19.5 Å². The first-order chi connectivity index (χ1) is 11.1. The van der Waals surface area contributed by atoms with Crippen molar-refractivity contribution in [3.8, 4) is 11.4 Å². The molecule has 4 rings (SSSR count). The van der Waals surface area contributed by atoms with Gasteiger partial charge in [0.15, 0.2) is 11.6 Å². The third kappa shape index (κ3) is 2.29. The maximum atomic E-state index is 13.7. The van der Waals surface area contributed by atoms with Crippen LogP contribution in [-0.4, -0.2) is 19.5 Å². The molecule has 6 heteroatoms. The summed E-state index contributed by atoms with van der Waals surface area (Å²) in [6.07, 6.45) is 5.28. The number of imidazole rings is 1. The second-order valence-corrected chi connectivity index (χ2v) is 6.27. The van der Waals surface area contributed by atoms with Gasteiger partial charge in [0.25, 0.3) is 0 Å². The maximum absolute atomic E-state index is 13.7. The van der Waals surface area contributed by atoms with Crippen LogP contribution in [0, 0.1) is 11.6 Å². The lowest BCUT2D eigenvalue weighted by Crippen LogP contribution is -2.03. The van der Waals surface area contributed by atoms with E-state index in [0.29, 0.717) is 16.9 Å². The predicted octanol–water partition coefficient (Wildman–Crippen LogP) is 4.23. The molecule has 0 unspecified atom stereocenters. The van der Waals surface area contributed by atoms with Gasteiger partial charge in [-0.3, -0.25) is 0 Å². The number of rotatable bonds is 3. The van der Waals surface area contributed by atoms with Crippen molar-refractivity contribution < 1.29 is 8.78 Å². The summed E-state index contributed by atoms with van der Waals surface area (Å²) in [5, 5.41) is 0. The van der Waals surface area contributed by atoms with E-state index in [1.165, 1.54) is 12.4 Å². The van der Waals surface area contributed by atoms with Crippen molar-refractivity contribution in [3.63, 3.8) is 0 Å². The highest BCUT2D eigenvalue weighted by molar-refractivity contribution is 5.81. The molecule has 0 aliphatic heterocycles. The van der Waals surface area contributed by atoms with E-state index in [1.54, 1.807) is 6.20 Å². The number of halogens is 2. The Morgan fingerprint density at radius 3 is 2.61 bits per heavy atom. The quantitative estimate of drug-likeness (QED) is 0.726. The first kappa shape index (κ1) is 14.2. The van der Waals surface area contributed by atoms with Crippen LogP contribution in [-0.2, 0) is 0 Å². The summed E-state index contributed by atoms with van der Waals surface area (Å²) >= 11 is 0. The number of benzene rings is 1. The Hall–Kier alpha value is -2.37. The highest BCUT2D eigenvalue weighted by Gasteiger charge is 2.30. The summed E-state index contributed by atoms with van der Waals surface area (Å²) in [4.78, 5) is 13.1. The van der Waals surface area contributed by atoms with Crippen LogP contribution < -0.4 is 0 Å². The first-order valence-corrected chi connectivity index (χ1v) is 7.73. The van der Waals surface area contributed by atoms with E-state index in [1.807, 2.05) is 4.57 Å². The zero-order chi connectivity index (χ0) is 16.1. The standard InChI is InChI=1S/C17H16F2N4/c1-9(2)16-11(7-20-8-21-16)17-22-14-5-12(18)13(19)6-15(14)23(17)10-3-4-10/h5-10H,3-4H2,1-2H3. The molecule has 4 nitrogen and oxygen atoms in total. The van der Waals surface area contributed by atoms with Crippen molar-refractivity contribution >= 4 is 11.0 Å². The van der Waals surface area contributed by atoms with Gasteiger partial charge in [-0.15, -0.1) is 0 Å². The summed E-state index contributed by atoms with van der Waals surface area (Å²) in [5.41, 5.74) is 2.80. The molecule has 1 aromatic carbocycles. The van der Waals surface area contributed by atoms with Gasteiger partial charge in [0.1, 0.15) is 12.2 Å². The first-order valence-electron chi connectivity index (χ1n) is 7.73. The number of aromatic nitrogens is 4. The zero-order valence-electron chi connectivity index (χ0n) is 12.9. The molecular formula is C17H16F2N4. The number of fused-ring (bicyclic) bond motifs is 1. The summed E-state index contributed by atoms with van der Waals surface area (Å²) in [7, 11) is 0. The molecule has 2 heterocycles. The Bertz CT molecular complexity index is 897. The fourth-order valence-corrected chi connectivity index (χ4v) is 2.95. The van der Waals surface area contributed by atoms with Crippen LogP contribution in [0.25, 0.3) is 22.4 Å². The Balaban J connectivity index is 2.02. The average molecular weight is 314 g/mol. The maximum Gasteiger partial charge on any atom is 0.161 e. The van der Waals surface area contributed by atoms with E-state index in [0.717, 1.165) is 30.2 Å². The van der Waals surface area contributed by atoms with E-state index < -0.39 is 11.6 Å². The van der Waals surface area contributed by atoms with Crippen molar-refractivity contribution in [3.05, 3.63) is 42.0 Å². The number of hydrogen-bond acceptors (Lipinski definition) is 3. The molecule has 0 amide bonds. The average Bonchev–Trinajstić information content (AvgIpc) is 3.30. The van der Waals surface area contributed by atoms with Gasteiger partial charge >= 0.3 is 0 Å². The monoisotopic (exact) mass is 314 g/mol. The van der Waals surface area contributed by atoms with Gasteiger partial charge < -0.3 is 4.57 Å². The molecule has 118 valence electrons. The fraction of sp³-hybridized carbons (Fsp3) is 0.353. The Morgan fingerprint density at radius 1 is 1.17 bits per heavy atom. The molecule has 23 heavy (non-hydrogen) atoms. The number of hydrogen-bond donors (Lipinski definition) is 0. The highest BCUT2D eigenvalue weighted by Crippen LogP contribution is 2.42. The smallest absolute Gasteiger partial charge is 0.161 e. The van der Waals surface area contributed by atoms with Gasteiger partial charge in [0.2, 0.25) is 0 Å². The molecule has 1 aliphatic rings. The van der Waals surface area contributed by atoms with Gasteiger partial charge in [-0.2, -0.15) is 0 Å². The SMILES string of the molecule is CC(C)c1ncncc1-c1nc2cc(F)c(F)cc2n1C1CC1. The van der Waals surface area contributed by atoms with E-state index >= 15 is 0 Å². The van der Waals surface area contributed by atoms with Gasteiger partial charge in [-0.1, -0.05) is 13.8 Å². The largest absolute Gasteiger partial charge is 0.321 e. The second kappa shape index (κ2) is 5.08. The summed E-state index contributed by atoms with van der Waals surface area (Å²) in [6.45, 7) is 4.10. The van der Waals surface area contributed by atoms with Crippen molar-refractivity contribution in [1.29, 1.82) is 0 Å². The fourth-order valence-electron chi connectivity index (χ4n) is 2.95. The Kier molecular flexibility index (Phi) is 3.14. The molecular weight excluding hydrogens is 298 g/mol. The molecule has 1 saturated carbocycles. The normalized spacial score (nSPS) is 14.8. The predicted molar refractivity (Wildman–Crippen MR) is 83.0 cm³/mol. The van der Waals surface area contributed by atoms with Crippen LogP contribution in [0.15, 0.2) is 24.7 Å². The third-order valence-electron chi connectivity index (χ3n) is 4.17. The van der Waals surface area contributed by atoms with Crippen LogP contribution in [0.5, 0.6) is 0 Å². The van der Waals surface area contributed by atoms with E-state index in [4.69, 9.17) is 0 Å². The minimum absolute atomic E-state index is 0.203. The summed E-state index contributed by atoms with van der Waals surface area (Å²) in [6, 6.07) is 2.67. The van der Waals surface area contributed by atoms with Gasteiger partial charge in [-0.05, 0) is 18.8 Å². The molecule has 1 fully saturated rings. The van der Waals surface area contributed by atoms with Crippen molar-refractivity contribution in [2.24, 2.45) is 0 Å². The van der Waals surface area contributed by atoms with E-state index in [2.05, 4.69) is 28.8 Å². The van der Waals surface area contributed by atoms with Gasteiger partial charge in [0, 0.05) is 24.4 Å². The molecule has 2 aromatic heterocycles. The van der Waals surface area contributed by atoms with Crippen LogP contribution in [0.3, 0.4) is 0 Å². The lowest BCUT2D eigenvalue weighted by atomic mass is 10.0. The minimum atomic E-state index is -0.877. The van der Waals surface area contributed by atoms with E-state index in [9.17, 15) is 8.78 Å². The summed E-state index contributed by atoms with van der Waals surface area (Å²) < 4.78 is 29.3. The molecule has 0 N–H and O–H groups in total. The van der Waals surface area contributed by atoms with E-state index in [-0.39, 0.29) is 12.0 Å². The zero-order valence-corrected chi connectivity index (χ0v) is 12.9. The Labute approximate surface area is 132 Å². The van der Waals surface area contributed by atoms with Gasteiger partial charge in [0.05, 0.1) is 22.3 Å². The van der Waals surface area contributed by atoms with Crippen molar-refractivity contribution in [2.75, 3.05) is 0 Å². The van der Waals surface area contributed by atoms with Crippen LogP contribution >= 0.6 is 0 Å². The molecule has 0 radical (unpaired) electrons. The molecule has 0 spiro atoms. The highest BCUT2D eigenvalue weighted by atomic mass is 19.2. The minimum Gasteiger partial charge on any atom is -0.321 e.